The normalized spacial score (nSPS) is 25.8. The lowest BCUT2D eigenvalue weighted by Gasteiger charge is -2.06. The van der Waals surface area contributed by atoms with Crippen LogP contribution in [-0.2, 0) is 6.42 Å². The zero-order valence-corrected chi connectivity index (χ0v) is 10.3. The molecule has 0 spiro atoms. The second kappa shape index (κ2) is 5.17. The van der Waals surface area contributed by atoms with Crippen LogP contribution in [0, 0.1) is 0 Å². The third-order valence-electron chi connectivity index (χ3n) is 4.07. The van der Waals surface area contributed by atoms with Gasteiger partial charge in [-0.1, -0.05) is 18.0 Å². The number of nitrogens with zero attached hydrogens (tertiary/aromatic N) is 2. The molecule has 1 N–H and O–H groups in total. The average molecular weight is 235 g/mol. The van der Waals surface area contributed by atoms with E-state index < -0.39 is 0 Å². The van der Waals surface area contributed by atoms with Crippen molar-refractivity contribution in [3.63, 3.8) is 0 Å². The van der Waals surface area contributed by atoms with E-state index in [1.807, 2.05) is 0 Å². The Balaban J connectivity index is 1.52. The Kier molecular flexibility index (Phi) is 3.41. The number of hydrogen-bond donors (Lipinski definition) is 1. The van der Waals surface area contributed by atoms with Crippen LogP contribution < -0.4 is 5.32 Å². The van der Waals surface area contributed by atoms with E-state index in [9.17, 15) is 0 Å². The van der Waals surface area contributed by atoms with Crippen molar-refractivity contribution in [1.29, 1.82) is 0 Å². The second-order valence-electron chi connectivity index (χ2n) is 5.36. The lowest BCUT2D eigenvalue weighted by molar-refractivity contribution is 0.361. The van der Waals surface area contributed by atoms with Crippen LogP contribution in [0.2, 0.25) is 0 Å². The summed E-state index contributed by atoms with van der Waals surface area (Å²) >= 11 is 0. The number of nitrogens with one attached hydrogen (secondary N) is 1. The van der Waals surface area contributed by atoms with Crippen LogP contribution in [0.1, 0.15) is 62.6 Å². The van der Waals surface area contributed by atoms with E-state index >= 15 is 0 Å². The van der Waals surface area contributed by atoms with Crippen LogP contribution in [0.3, 0.4) is 0 Å². The SMILES string of the molecule is C1CNC(CCc2nc(C3CCCC3)no2)C1. The van der Waals surface area contributed by atoms with Gasteiger partial charge in [-0.2, -0.15) is 4.98 Å². The van der Waals surface area contributed by atoms with Crippen LogP contribution in [-0.4, -0.2) is 22.7 Å². The molecule has 17 heavy (non-hydrogen) atoms. The van der Waals surface area contributed by atoms with E-state index in [0.717, 1.165) is 24.6 Å². The lowest BCUT2D eigenvalue weighted by Crippen LogP contribution is -2.21. The third-order valence-corrected chi connectivity index (χ3v) is 4.07. The van der Waals surface area contributed by atoms with Gasteiger partial charge >= 0.3 is 0 Å². The van der Waals surface area contributed by atoms with E-state index in [4.69, 9.17) is 4.52 Å². The molecule has 1 saturated carbocycles. The molecule has 3 rings (SSSR count). The number of rotatable bonds is 4. The van der Waals surface area contributed by atoms with Crippen molar-refractivity contribution in [1.82, 2.24) is 15.5 Å². The molecule has 1 aliphatic carbocycles. The van der Waals surface area contributed by atoms with Gasteiger partial charge in [0.25, 0.3) is 0 Å². The van der Waals surface area contributed by atoms with Crippen LogP contribution >= 0.6 is 0 Å². The van der Waals surface area contributed by atoms with Crippen molar-refractivity contribution in [2.24, 2.45) is 0 Å². The monoisotopic (exact) mass is 235 g/mol. The minimum Gasteiger partial charge on any atom is -0.339 e. The van der Waals surface area contributed by atoms with Gasteiger partial charge in [0.1, 0.15) is 0 Å². The third kappa shape index (κ3) is 2.68. The Labute approximate surface area is 102 Å². The maximum atomic E-state index is 5.35. The van der Waals surface area contributed by atoms with Gasteiger partial charge in [0.05, 0.1) is 0 Å². The number of hydrogen-bond acceptors (Lipinski definition) is 4. The number of aromatic nitrogens is 2. The van der Waals surface area contributed by atoms with Crippen molar-refractivity contribution in [2.75, 3.05) is 6.54 Å². The molecule has 1 saturated heterocycles. The number of aryl methyl sites for hydroxylation is 1. The standard InChI is InChI=1S/C13H21N3O/c1-2-5-10(4-1)13-15-12(17-16-13)8-7-11-6-3-9-14-11/h10-11,14H,1-9H2. The van der Waals surface area contributed by atoms with Crippen molar-refractivity contribution < 1.29 is 4.52 Å². The van der Waals surface area contributed by atoms with Crippen molar-refractivity contribution in [3.8, 4) is 0 Å². The zero-order valence-electron chi connectivity index (χ0n) is 10.3. The summed E-state index contributed by atoms with van der Waals surface area (Å²) in [6, 6.07) is 0.664. The van der Waals surface area contributed by atoms with E-state index in [2.05, 4.69) is 15.5 Å². The Morgan fingerprint density at radius 1 is 1.18 bits per heavy atom. The van der Waals surface area contributed by atoms with E-state index in [1.165, 1.54) is 45.1 Å². The fourth-order valence-electron chi connectivity index (χ4n) is 3.02. The van der Waals surface area contributed by atoms with Crippen LogP contribution in [0.4, 0.5) is 0 Å². The van der Waals surface area contributed by atoms with E-state index in [0.29, 0.717) is 12.0 Å². The molecule has 1 atom stereocenters. The summed E-state index contributed by atoms with van der Waals surface area (Å²) in [5, 5.41) is 7.64. The molecule has 2 heterocycles. The molecule has 1 aliphatic heterocycles. The Bertz CT molecular complexity index is 351. The molecule has 1 unspecified atom stereocenters. The minimum absolute atomic E-state index is 0.567. The molecule has 0 aromatic carbocycles. The summed E-state index contributed by atoms with van der Waals surface area (Å²) in [7, 11) is 0. The van der Waals surface area contributed by atoms with Crippen molar-refractivity contribution in [3.05, 3.63) is 11.7 Å². The summed E-state index contributed by atoms with van der Waals surface area (Å²) < 4.78 is 5.35. The summed E-state index contributed by atoms with van der Waals surface area (Å²) in [5.74, 6) is 2.36. The molecule has 1 aromatic rings. The van der Waals surface area contributed by atoms with Crippen LogP contribution in [0.15, 0.2) is 4.52 Å². The van der Waals surface area contributed by atoms with Gasteiger partial charge in [-0.05, 0) is 38.6 Å². The molecule has 0 radical (unpaired) electrons. The lowest BCUT2D eigenvalue weighted by atomic mass is 10.1. The van der Waals surface area contributed by atoms with Gasteiger partial charge < -0.3 is 9.84 Å². The van der Waals surface area contributed by atoms with E-state index in [1.54, 1.807) is 0 Å². The highest BCUT2D eigenvalue weighted by Crippen LogP contribution is 2.32. The van der Waals surface area contributed by atoms with Crippen molar-refractivity contribution in [2.45, 2.75) is 63.3 Å². The highest BCUT2D eigenvalue weighted by atomic mass is 16.5. The maximum absolute atomic E-state index is 5.35. The molecule has 0 amide bonds. The molecule has 1 aromatic heterocycles. The van der Waals surface area contributed by atoms with Crippen LogP contribution in [0.5, 0.6) is 0 Å². The van der Waals surface area contributed by atoms with Crippen LogP contribution in [0.25, 0.3) is 0 Å². The first-order chi connectivity index (χ1) is 8.42. The fraction of sp³-hybridized carbons (Fsp3) is 0.846. The largest absolute Gasteiger partial charge is 0.339 e. The Morgan fingerprint density at radius 2 is 2.06 bits per heavy atom. The summed E-state index contributed by atoms with van der Waals surface area (Å²) in [6.07, 6.45) is 9.78. The first-order valence-corrected chi connectivity index (χ1v) is 6.97. The highest BCUT2D eigenvalue weighted by molar-refractivity contribution is 4.98. The predicted molar refractivity (Wildman–Crippen MR) is 64.9 cm³/mol. The molecule has 4 heteroatoms. The first kappa shape index (κ1) is 11.2. The van der Waals surface area contributed by atoms with Gasteiger partial charge in [-0.25, -0.2) is 0 Å². The van der Waals surface area contributed by atoms with Crippen molar-refractivity contribution >= 4 is 0 Å². The summed E-state index contributed by atoms with van der Waals surface area (Å²) in [5.41, 5.74) is 0. The molecular weight excluding hydrogens is 214 g/mol. The fourth-order valence-corrected chi connectivity index (χ4v) is 3.02. The second-order valence-corrected chi connectivity index (χ2v) is 5.36. The molecule has 4 nitrogen and oxygen atoms in total. The molecule has 2 aliphatic rings. The maximum Gasteiger partial charge on any atom is 0.226 e. The van der Waals surface area contributed by atoms with Gasteiger partial charge in [0.15, 0.2) is 5.82 Å². The first-order valence-electron chi connectivity index (χ1n) is 6.97. The average Bonchev–Trinajstić information content (AvgIpc) is 3.09. The molecule has 2 fully saturated rings. The molecular formula is C13H21N3O. The highest BCUT2D eigenvalue weighted by Gasteiger charge is 2.22. The Hall–Kier alpha value is -0.900. The summed E-state index contributed by atoms with van der Waals surface area (Å²) in [6.45, 7) is 1.17. The molecule has 94 valence electrons. The summed E-state index contributed by atoms with van der Waals surface area (Å²) in [4.78, 5) is 4.55. The van der Waals surface area contributed by atoms with Gasteiger partial charge in [0.2, 0.25) is 5.89 Å². The Morgan fingerprint density at radius 3 is 2.82 bits per heavy atom. The predicted octanol–water partition coefficient (Wildman–Crippen LogP) is 2.41. The van der Waals surface area contributed by atoms with Gasteiger partial charge in [0, 0.05) is 18.4 Å². The van der Waals surface area contributed by atoms with Gasteiger partial charge in [-0.3, -0.25) is 0 Å². The van der Waals surface area contributed by atoms with Gasteiger partial charge in [-0.15, -0.1) is 0 Å². The smallest absolute Gasteiger partial charge is 0.226 e. The van der Waals surface area contributed by atoms with E-state index in [-0.39, 0.29) is 0 Å². The zero-order chi connectivity index (χ0) is 11.5. The molecule has 0 bridgehead atoms. The minimum atomic E-state index is 0.567. The quantitative estimate of drug-likeness (QED) is 0.870. The topological polar surface area (TPSA) is 51.0 Å².